The van der Waals surface area contributed by atoms with Crippen molar-refractivity contribution in [2.24, 2.45) is 0 Å². The van der Waals surface area contributed by atoms with Crippen LogP contribution in [0.2, 0.25) is 0 Å². The van der Waals surface area contributed by atoms with Crippen LogP contribution < -0.4 is 9.62 Å². The fraction of sp³-hybridized carbons (Fsp3) is 0.310. The molecule has 202 valence electrons. The Balaban J connectivity index is 2.02. The summed E-state index contributed by atoms with van der Waals surface area (Å²) < 4.78 is 29.3. The van der Waals surface area contributed by atoms with E-state index in [0.717, 1.165) is 21.9 Å². The first-order valence-electron chi connectivity index (χ1n) is 12.5. The summed E-state index contributed by atoms with van der Waals surface area (Å²) in [4.78, 5) is 28.5. The highest BCUT2D eigenvalue weighted by Crippen LogP contribution is 2.27. The lowest BCUT2D eigenvalue weighted by Crippen LogP contribution is -2.52. The van der Waals surface area contributed by atoms with Gasteiger partial charge in [0.1, 0.15) is 12.6 Å². The van der Waals surface area contributed by atoms with Gasteiger partial charge in [-0.25, -0.2) is 8.42 Å². The maximum atomic E-state index is 13.9. The maximum Gasteiger partial charge on any atom is 0.264 e. The molecular weight excluding hydrogens is 566 g/mol. The number of aryl methyl sites for hydroxylation is 1. The Kier molecular flexibility index (Phi) is 10.1. The predicted octanol–water partition coefficient (Wildman–Crippen LogP) is 5.28. The molecule has 0 aliphatic rings. The summed E-state index contributed by atoms with van der Waals surface area (Å²) in [5, 5.41) is 2.94. The van der Waals surface area contributed by atoms with E-state index in [1.807, 2.05) is 45.0 Å². The molecular formula is C29H34BrN3O4S. The first kappa shape index (κ1) is 29.4. The molecule has 0 saturated heterocycles. The van der Waals surface area contributed by atoms with Crippen molar-refractivity contribution in [3.05, 3.63) is 94.5 Å². The molecule has 3 aromatic carbocycles. The van der Waals surface area contributed by atoms with Gasteiger partial charge in [-0.15, -0.1) is 0 Å². The van der Waals surface area contributed by atoms with Gasteiger partial charge in [0.25, 0.3) is 10.0 Å². The second-order valence-electron chi connectivity index (χ2n) is 9.31. The van der Waals surface area contributed by atoms with Gasteiger partial charge < -0.3 is 10.2 Å². The Hall–Kier alpha value is -3.17. The zero-order valence-electron chi connectivity index (χ0n) is 22.1. The lowest BCUT2D eigenvalue weighted by Gasteiger charge is -2.32. The van der Waals surface area contributed by atoms with Gasteiger partial charge in [-0.3, -0.25) is 13.9 Å². The zero-order chi connectivity index (χ0) is 27.9. The van der Waals surface area contributed by atoms with Crippen molar-refractivity contribution in [1.29, 1.82) is 0 Å². The van der Waals surface area contributed by atoms with E-state index in [2.05, 4.69) is 21.2 Å². The highest BCUT2D eigenvalue weighted by molar-refractivity contribution is 9.10. The number of carbonyl (C=O) groups excluding carboxylic acids is 2. The molecule has 0 spiro atoms. The number of anilines is 1. The number of carbonyl (C=O) groups is 2. The quantitative estimate of drug-likeness (QED) is 0.324. The van der Waals surface area contributed by atoms with Crippen LogP contribution in [0.5, 0.6) is 0 Å². The predicted molar refractivity (Wildman–Crippen MR) is 154 cm³/mol. The van der Waals surface area contributed by atoms with Crippen molar-refractivity contribution in [3.63, 3.8) is 0 Å². The molecule has 3 aromatic rings. The molecule has 0 aliphatic carbocycles. The lowest BCUT2D eigenvalue weighted by molar-refractivity contribution is -0.139. The molecule has 38 heavy (non-hydrogen) atoms. The highest BCUT2D eigenvalue weighted by Gasteiger charge is 2.32. The van der Waals surface area contributed by atoms with Gasteiger partial charge in [0.05, 0.1) is 10.6 Å². The largest absolute Gasteiger partial charge is 0.352 e. The van der Waals surface area contributed by atoms with Crippen LogP contribution in [-0.2, 0) is 26.2 Å². The van der Waals surface area contributed by atoms with Gasteiger partial charge in [-0.1, -0.05) is 76.9 Å². The van der Waals surface area contributed by atoms with Crippen LogP contribution >= 0.6 is 15.9 Å². The Morgan fingerprint density at radius 2 is 1.63 bits per heavy atom. The molecule has 2 atom stereocenters. The number of amides is 2. The molecule has 1 N–H and O–H groups in total. The minimum Gasteiger partial charge on any atom is -0.352 e. The van der Waals surface area contributed by atoms with E-state index in [0.29, 0.717) is 10.2 Å². The summed E-state index contributed by atoms with van der Waals surface area (Å²) >= 11 is 3.40. The zero-order valence-corrected chi connectivity index (χ0v) is 24.5. The van der Waals surface area contributed by atoms with E-state index >= 15 is 0 Å². The van der Waals surface area contributed by atoms with Gasteiger partial charge in [0, 0.05) is 17.1 Å². The summed E-state index contributed by atoms with van der Waals surface area (Å²) in [6.07, 6.45) is 0.746. The Morgan fingerprint density at radius 1 is 0.947 bits per heavy atom. The highest BCUT2D eigenvalue weighted by atomic mass is 79.9. The molecule has 0 aliphatic heterocycles. The molecule has 0 heterocycles. The van der Waals surface area contributed by atoms with Gasteiger partial charge in [-0.2, -0.15) is 0 Å². The Labute approximate surface area is 234 Å². The minimum absolute atomic E-state index is 0.0579. The summed E-state index contributed by atoms with van der Waals surface area (Å²) in [5.41, 5.74) is 2.21. The number of halogens is 1. The second-order valence-corrected chi connectivity index (χ2v) is 12.1. The topological polar surface area (TPSA) is 86.8 Å². The third-order valence-electron chi connectivity index (χ3n) is 6.31. The fourth-order valence-corrected chi connectivity index (χ4v) is 5.75. The first-order chi connectivity index (χ1) is 18.0. The molecule has 3 rings (SSSR count). The van der Waals surface area contributed by atoms with Crippen LogP contribution in [0.1, 0.15) is 38.3 Å². The fourth-order valence-electron chi connectivity index (χ4n) is 3.94. The number of hydrogen-bond acceptors (Lipinski definition) is 4. The SMILES string of the molecule is CC[C@H](C)NC(=O)[C@@H](C)N(Cc1cccc(C)c1)C(=O)CN(c1cccc(Br)c1)S(=O)(=O)c1ccccc1. The molecule has 9 heteroatoms. The van der Waals surface area contributed by atoms with Crippen LogP contribution in [0, 0.1) is 6.92 Å². The maximum absolute atomic E-state index is 13.9. The van der Waals surface area contributed by atoms with E-state index < -0.39 is 28.5 Å². The van der Waals surface area contributed by atoms with Gasteiger partial charge >= 0.3 is 0 Å². The molecule has 0 aromatic heterocycles. The van der Waals surface area contributed by atoms with Crippen LogP contribution in [0.4, 0.5) is 5.69 Å². The average molecular weight is 601 g/mol. The smallest absolute Gasteiger partial charge is 0.264 e. The molecule has 7 nitrogen and oxygen atoms in total. The van der Waals surface area contributed by atoms with Crippen molar-refractivity contribution in [2.45, 2.75) is 57.6 Å². The Morgan fingerprint density at radius 3 is 2.26 bits per heavy atom. The van der Waals surface area contributed by atoms with Crippen molar-refractivity contribution in [1.82, 2.24) is 10.2 Å². The van der Waals surface area contributed by atoms with Crippen molar-refractivity contribution < 1.29 is 18.0 Å². The van der Waals surface area contributed by atoms with E-state index in [9.17, 15) is 18.0 Å². The van der Waals surface area contributed by atoms with Crippen molar-refractivity contribution in [3.8, 4) is 0 Å². The van der Waals surface area contributed by atoms with E-state index in [1.54, 1.807) is 49.4 Å². The number of benzene rings is 3. The molecule has 0 bridgehead atoms. The number of sulfonamides is 1. The lowest BCUT2D eigenvalue weighted by atomic mass is 10.1. The van der Waals surface area contributed by atoms with Gasteiger partial charge in [0.2, 0.25) is 11.8 Å². The standard InChI is InChI=1S/C29H34BrN3O4S/c1-5-22(3)31-29(35)23(4)32(19-24-12-9-11-21(2)17-24)28(34)20-33(26-14-10-13-25(30)18-26)38(36,37)27-15-7-6-8-16-27/h6-18,22-23H,5,19-20H2,1-4H3,(H,31,35)/t22-,23+/m0/s1. The molecule has 0 saturated carbocycles. The van der Waals surface area contributed by atoms with Crippen LogP contribution in [0.3, 0.4) is 0 Å². The number of hydrogen-bond donors (Lipinski definition) is 1. The Bertz CT molecular complexity index is 1370. The summed E-state index contributed by atoms with van der Waals surface area (Å²) in [6, 6.07) is 21.6. The number of rotatable bonds is 11. The third-order valence-corrected chi connectivity index (χ3v) is 8.59. The average Bonchev–Trinajstić information content (AvgIpc) is 2.90. The number of nitrogens with one attached hydrogen (secondary N) is 1. The van der Waals surface area contributed by atoms with E-state index in [1.165, 1.54) is 17.0 Å². The molecule has 0 unspecified atom stereocenters. The van der Waals surface area contributed by atoms with E-state index in [4.69, 9.17) is 0 Å². The second kappa shape index (κ2) is 13.1. The van der Waals surface area contributed by atoms with Crippen molar-refractivity contribution >= 4 is 43.5 Å². The van der Waals surface area contributed by atoms with Crippen LogP contribution in [-0.4, -0.2) is 43.8 Å². The molecule has 0 radical (unpaired) electrons. The van der Waals surface area contributed by atoms with Crippen molar-refractivity contribution in [2.75, 3.05) is 10.8 Å². The molecule has 0 fully saturated rings. The third kappa shape index (κ3) is 7.45. The van der Waals surface area contributed by atoms with Crippen LogP contribution in [0.15, 0.2) is 88.2 Å². The van der Waals surface area contributed by atoms with Crippen LogP contribution in [0.25, 0.3) is 0 Å². The monoisotopic (exact) mass is 599 g/mol. The van der Waals surface area contributed by atoms with E-state index in [-0.39, 0.29) is 23.4 Å². The number of nitrogens with zero attached hydrogens (tertiary/aromatic N) is 2. The summed E-state index contributed by atoms with van der Waals surface area (Å²) in [7, 11) is -4.08. The summed E-state index contributed by atoms with van der Waals surface area (Å²) in [6.45, 7) is 7.18. The minimum atomic E-state index is -4.08. The van der Waals surface area contributed by atoms with Gasteiger partial charge in [-0.05, 0) is 63.1 Å². The first-order valence-corrected chi connectivity index (χ1v) is 14.7. The normalized spacial score (nSPS) is 12.9. The van der Waals surface area contributed by atoms with Gasteiger partial charge in [0.15, 0.2) is 0 Å². The molecule has 2 amide bonds. The summed E-state index contributed by atoms with van der Waals surface area (Å²) in [5.74, 6) is -0.780.